The largest absolute Gasteiger partial charge is 0.387 e. The Labute approximate surface area is 196 Å². The molecule has 1 amide bonds. The second-order valence-corrected chi connectivity index (χ2v) is 9.06. The summed E-state index contributed by atoms with van der Waals surface area (Å²) in [4.78, 5) is 38.2. The summed E-state index contributed by atoms with van der Waals surface area (Å²) in [7, 11) is 0. The molecule has 0 aromatic carbocycles. The number of anilines is 4. The van der Waals surface area contributed by atoms with Crippen molar-refractivity contribution in [2.24, 2.45) is 0 Å². The van der Waals surface area contributed by atoms with Crippen molar-refractivity contribution < 1.29 is 9.90 Å². The van der Waals surface area contributed by atoms with Gasteiger partial charge in [-0.2, -0.15) is 10.1 Å². The molecule has 1 fully saturated rings. The van der Waals surface area contributed by atoms with Crippen LogP contribution in [0.4, 0.5) is 23.3 Å². The van der Waals surface area contributed by atoms with Crippen LogP contribution in [-0.4, -0.2) is 48.7 Å². The number of carbonyl (C=O) groups is 1. The van der Waals surface area contributed by atoms with Gasteiger partial charge in [0.25, 0.3) is 0 Å². The first-order valence-corrected chi connectivity index (χ1v) is 11.6. The maximum atomic E-state index is 13.0. The number of aromatic amines is 2. The SMILES string of the molecule is CC(C)c1cc(Nc2nc(N3CCCC3C(=O)Nc3ccc(=O)[nH]c3)nc3c2CCC3O)n[nH]1. The molecule has 1 aliphatic heterocycles. The standard InChI is InChI=1S/C23H28N8O3/c1-12(2)15-10-18(30-29-15)26-21-14-6-7-17(32)20(14)27-23(28-21)31-9-3-4-16(31)22(34)25-13-5-8-19(33)24-11-13/h5,8,10-12,16-17,32H,3-4,6-7,9H2,1-2H3,(H,24,33)(H,25,34)(H2,26,27,28,29,30). The number of rotatable bonds is 6. The second-order valence-electron chi connectivity index (χ2n) is 9.06. The molecule has 2 unspecified atom stereocenters. The van der Waals surface area contributed by atoms with E-state index in [1.54, 1.807) is 6.07 Å². The number of nitrogens with zero attached hydrogens (tertiary/aromatic N) is 4. The number of nitrogens with one attached hydrogen (secondary N) is 4. The number of fused-ring (bicyclic) bond motifs is 1. The molecule has 0 bridgehead atoms. The third-order valence-electron chi connectivity index (χ3n) is 6.34. The van der Waals surface area contributed by atoms with Gasteiger partial charge in [0.2, 0.25) is 17.4 Å². The Hall–Kier alpha value is -3.73. The average Bonchev–Trinajstić information content (AvgIpc) is 3.56. The first-order valence-electron chi connectivity index (χ1n) is 11.6. The lowest BCUT2D eigenvalue weighted by atomic mass is 10.1. The molecule has 1 saturated heterocycles. The summed E-state index contributed by atoms with van der Waals surface area (Å²) >= 11 is 0. The van der Waals surface area contributed by atoms with Crippen molar-refractivity contribution in [1.29, 1.82) is 0 Å². The molecule has 0 saturated carbocycles. The Balaban J connectivity index is 1.43. The van der Waals surface area contributed by atoms with Crippen molar-refractivity contribution >= 4 is 29.2 Å². The number of H-pyrrole nitrogens is 2. The highest BCUT2D eigenvalue weighted by Gasteiger charge is 2.35. The van der Waals surface area contributed by atoms with E-state index in [-0.39, 0.29) is 11.5 Å². The first-order chi connectivity index (χ1) is 16.4. The highest BCUT2D eigenvalue weighted by atomic mass is 16.3. The average molecular weight is 465 g/mol. The van der Waals surface area contributed by atoms with Gasteiger partial charge in [0.05, 0.1) is 17.5 Å². The monoisotopic (exact) mass is 464 g/mol. The number of carbonyl (C=O) groups excluding carboxylic acids is 1. The summed E-state index contributed by atoms with van der Waals surface area (Å²) < 4.78 is 0. The van der Waals surface area contributed by atoms with Crippen LogP contribution in [-0.2, 0) is 11.2 Å². The van der Waals surface area contributed by atoms with E-state index in [1.165, 1.54) is 12.3 Å². The fourth-order valence-corrected chi connectivity index (χ4v) is 4.47. The number of aliphatic hydroxyl groups excluding tert-OH is 1. The van der Waals surface area contributed by atoms with Gasteiger partial charge in [0, 0.05) is 36.1 Å². The zero-order valence-electron chi connectivity index (χ0n) is 19.1. The number of aromatic nitrogens is 5. The van der Waals surface area contributed by atoms with E-state index in [4.69, 9.17) is 4.98 Å². The van der Waals surface area contributed by atoms with Gasteiger partial charge >= 0.3 is 0 Å². The molecule has 4 heterocycles. The topological polar surface area (TPSA) is 152 Å². The predicted molar refractivity (Wildman–Crippen MR) is 127 cm³/mol. The molecule has 2 atom stereocenters. The van der Waals surface area contributed by atoms with E-state index in [0.717, 1.165) is 17.7 Å². The van der Waals surface area contributed by atoms with E-state index in [1.807, 2.05) is 11.0 Å². The van der Waals surface area contributed by atoms with Crippen LogP contribution in [0.1, 0.15) is 62.1 Å². The molecule has 5 rings (SSSR count). The fraction of sp³-hybridized carbons (Fsp3) is 0.435. The van der Waals surface area contributed by atoms with Crippen molar-refractivity contribution in [3.05, 3.63) is 51.7 Å². The lowest BCUT2D eigenvalue weighted by Gasteiger charge is -2.25. The van der Waals surface area contributed by atoms with E-state index >= 15 is 0 Å². The molecule has 3 aromatic heterocycles. The Kier molecular flexibility index (Phi) is 5.78. The van der Waals surface area contributed by atoms with Gasteiger partial charge in [-0.1, -0.05) is 13.8 Å². The van der Waals surface area contributed by atoms with Crippen LogP contribution < -0.4 is 21.1 Å². The smallest absolute Gasteiger partial charge is 0.248 e. The molecule has 2 aliphatic rings. The van der Waals surface area contributed by atoms with Crippen molar-refractivity contribution in [1.82, 2.24) is 25.1 Å². The molecule has 11 heteroatoms. The molecule has 178 valence electrons. The van der Waals surface area contributed by atoms with Crippen LogP contribution in [0.15, 0.2) is 29.2 Å². The minimum atomic E-state index is -0.668. The van der Waals surface area contributed by atoms with Crippen molar-refractivity contribution in [3.63, 3.8) is 0 Å². The summed E-state index contributed by atoms with van der Waals surface area (Å²) in [5.41, 5.74) is 2.76. The van der Waals surface area contributed by atoms with Gasteiger partial charge < -0.3 is 25.6 Å². The maximum absolute atomic E-state index is 13.0. The summed E-state index contributed by atoms with van der Waals surface area (Å²) in [5, 5.41) is 24.1. The summed E-state index contributed by atoms with van der Waals surface area (Å²) in [6.45, 7) is 4.79. The van der Waals surface area contributed by atoms with Crippen LogP contribution in [0.5, 0.6) is 0 Å². The summed E-state index contributed by atoms with van der Waals surface area (Å²) in [6.07, 6.45) is 3.51. The Morgan fingerprint density at radius 1 is 1.26 bits per heavy atom. The second kappa shape index (κ2) is 8.90. The Bertz CT molecular complexity index is 1250. The van der Waals surface area contributed by atoms with Gasteiger partial charge in [-0.05, 0) is 37.7 Å². The lowest BCUT2D eigenvalue weighted by Crippen LogP contribution is -2.41. The Morgan fingerprint density at radius 3 is 2.85 bits per heavy atom. The van der Waals surface area contributed by atoms with Crippen molar-refractivity contribution in [3.8, 4) is 0 Å². The fourth-order valence-electron chi connectivity index (χ4n) is 4.47. The summed E-state index contributed by atoms with van der Waals surface area (Å²) in [5.74, 6) is 1.76. The zero-order chi connectivity index (χ0) is 23.8. The van der Waals surface area contributed by atoms with Crippen LogP contribution in [0.3, 0.4) is 0 Å². The van der Waals surface area contributed by atoms with E-state index in [2.05, 4.69) is 44.6 Å². The highest BCUT2D eigenvalue weighted by Crippen LogP contribution is 2.37. The minimum Gasteiger partial charge on any atom is -0.387 e. The minimum absolute atomic E-state index is 0.197. The number of aliphatic hydroxyl groups is 1. The van der Waals surface area contributed by atoms with E-state index in [0.29, 0.717) is 60.7 Å². The van der Waals surface area contributed by atoms with Gasteiger partial charge in [-0.3, -0.25) is 14.7 Å². The zero-order valence-corrected chi connectivity index (χ0v) is 19.1. The lowest BCUT2D eigenvalue weighted by molar-refractivity contribution is -0.117. The molecular formula is C23H28N8O3. The predicted octanol–water partition coefficient (Wildman–Crippen LogP) is 2.34. The number of pyridine rings is 1. The van der Waals surface area contributed by atoms with Gasteiger partial charge in [-0.25, -0.2) is 4.98 Å². The quantitative estimate of drug-likeness (QED) is 0.373. The summed E-state index contributed by atoms with van der Waals surface area (Å²) in [6, 6.07) is 4.41. The molecule has 11 nitrogen and oxygen atoms in total. The van der Waals surface area contributed by atoms with Crippen molar-refractivity contribution in [2.45, 2.75) is 57.6 Å². The molecule has 5 N–H and O–H groups in total. The Morgan fingerprint density at radius 2 is 2.12 bits per heavy atom. The third kappa shape index (κ3) is 4.26. The maximum Gasteiger partial charge on any atom is 0.248 e. The van der Waals surface area contributed by atoms with E-state index in [9.17, 15) is 14.7 Å². The van der Waals surface area contributed by atoms with Crippen LogP contribution in [0.25, 0.3) is 0 Å². The number of hydrogen-bond acceptors (Lipinski definition) is 8. The van der Waals surface area contributed by atoms with Crippen LogP contribution >= 0.6 is 0 Å². The van der Waals surface area contributed by atoms with Crippen LogP contribution in [0.2, 0.25) is 0 Å². The van der Waals surface area contributed by atoms with E-state index < -0.39 is 12.1 Å². The van der Waals surface area contributed by atoms with Gasteiger partial charge in [-0.15, -0.1) is 0 Å². The van der Waals surface area contributed by atoms with Gasteiger partial charge in [0.1, 0.15) is 11.9 Å². The number of hydrogen-bond donors (Lipinski definition) is 5. The number of amides is 1. The molecule has 1 aliphatic carbocycles. The molecular weight excluding hydrogens is 436 g/mol. The van der Waals surface area contributed by atoms with Crippen molar-refractivity contribution in [2.75, 3.05) is 22.1 Å². The normalized spacial score (nSPS) is 19.5. The highest BCUT2D eigenvalue weighted by molar-refractivity contribution is 5.96. The molecule has 3 aromatic rings. The molecule has 0 radical (unpaired) electrons. The van der Waals surface area contributed by atoms with Crippen LogP contribution in [0, 0.1) is 0 Å². The first kappa shape index (κ1) is 22.1. The molecule has 34 heavy (non-hydrogen) atoms. The molecule has 0 spiro atoms. The third-order valence-corrected chi connectivity index (χ3v) is 6.34. The van der Waals surface area contributed by atoms with Gasteiger partial charge in [0.15, 0.2) is 5.82 Å².